The molecule has 3 aromatic rings. The second-order valence-corrected chi connectivity index (χ2v) is 5.56. The van der Waals surface area contributed by atoms with Crippen LogP contribution in [0.2, 0.25) is 0 Å². The molecular weight excluding hydrogens is 246 g/mol. The van der Waals surface area contributed by atoms with Gasteiger partial charge in [0.25, 0.3) is 0 Å². The molecule has 0 amide bonds. The first-order valence-electron chi connectivity index (χ1n) is 6.94. The molecular formula is C18H15NO. The van der Waals surface area contributed by atoms with E-state index in [4.69, 9.17) is 0 Å². The third-order valence-corrected chi connectivity index (χ3v) is 4.27. The van der Waals surface area contributed by atoms with Crippen molar-refractivity contribution >= 4 is 16.7 Å². The SMILES string of the molecule is Cc1ccc2c(C3CC(=O)c4ccccc43)c[nH]c2c1. The number of ketones is 1. The Labute approximate surface area is 117 Å². The zero-order valence-corrected chi connectivity index (χ0v) is 11.3. The van der Waals surface area contributed by atoms with E-state index in [2.05, 4.69) is 42.4 Å². The molecule has 0 aliphatic heterocycles. The van der Waals surface area contributed by atoms with Crippen LogP contribution in [0.25, 0.3) is 10.9 Å². The highest BCUT2D eigenvalue weighted by atomic mass is 16.1. The molecule has 0 saturated heterocycles. The van der Waals surface area contributed by atoms with Crippen molar-refractivity contribution in [3.63, 3.8) is 0 Å². The van der Waals surface area contributed by atoms with Gasteiger partial charge in [-0.15, -0.1) is 0 Å². The number of aromatic amines is 1. The number of aryl methyl sites for hydroxylation is 1. The summed E-state index contributed by atoms with van der Waals surface area (Å²) in [4.78, 5) is 15.5. The lowest BCUT2D eigenvalue weighted by atomic mass is 9.92. The zero-order valence-electron chi connectivity index (χ0n) is 11.3. The molecule has 20 heavy (non-hydrogen) atoms. The van der Waals surface area contributed by atoms with Crippen molar-refractivity contribution in [3.8, 4) is 0 Å². The van der Waals surface area contributed by atoms with Crippen LogP contribution in [0.3, 0.4) is 0 Å². The molecule has 1 atom stereocenters. The minimum atomic E-state index is 0.190. The summed E-state index contributed by atoms with van der Waals surface area (Å²) in [5.74, 6) is 0.446. The van der Waals surface area contributed by atoms with E-state index in [0.29, 0.717) is 6.42 Å². The maximum Gasteiger partial charge on any atom is 0.164 e. The summed E-state index contributed by atoms with van der Waals surface area (Å²) in [6, 6.07) is 14.4. The molecule has 1 aromatic heterocycles. The monoisotopic (exact) mass is 261 g/mol. The van der Waals surface area contributed by atoms with Crippen LogP contribution in [0.5, 0.6) is 0 Å². The van der Waals surface area contributed by atoms with Crippen molar-refractivity contribution in [1.29, 1.82) is 0 Å². The second-order valence-electron chi connectivity index (χ2n) is 5.56. The number of carbonyl (C=O) groups is 1. The molecule has 2 nitrogen and oxygen atoms in total. The number of H-pyrrole nitrogens is 1. The Hall–Kier alpha value is -2.35. The van der Waals surface area contributed by atoms with Crippen LogP contribution < -0.4 is 0 Å². The van der Waals surface area contributed by atoms with Gasteiger partial charge < -0.3 is 4.98 Å². The van der Waals surface area contributed by atoms with E-state index in [9.17, 15) is 4.79 Å². The van der Waals surface area contributed by atoms with Crippen molar-refractivity contribution in [2.24, 2.45) is 0 Å². The van der Waals surface area contributed by atoms with Gasteiger partial charge in [-0.2, -0.15) is 0 Å². The maximum absolute atomic E-state index is 12.2. The molecule has 0 saturated carbocycles. The molecule has 1 heterocycles. The summed E-state index contributed by atoms with van der Waals surface area (Å²) < 4.78 is 0. The molecule has 1 aliphatic carbocycles. The van der Waals surface area contributed by atoms with Crippen LogP contribution in [-0.4, -0.2) is 10.8 Å². The maximum atomic E-state index is 12.2. The Morgan fingerprint density at radius 3 is 2.85 bits per heavy atom. The molecule has 2 aromatic carbocycles. The third kappa shape index (κ3) is 1.54. The minimum absolute atomic E-state index is 0.190. The smallest absolute Gasteiger partial charge is 0.164 e. The van der Waals surface area contributed by atoms with Gasteiger partial charge in [-0.25, -0.2) is 0 Å². The molecule has 1 unspecified atom stereocenters. The van der Waals surface area contributed by atoms with Crippen LogP contribution in [0.1, 0.15) is 39.4 Å². The topological polar surface area (TPSA) is 32.9 Å². The number of fused-ring (bicyclic) bond motifs is 2. The van der Waals surface area contributed by atoms with Gasteiger partial charge in [0.15, 0.2) is 5.78 Å². The lowest BCUT2D eigenvalue weighted by Crippen LogP contribution is -1.95. The van der Waals surface area contributed by atoms with Crippen molar-refractivity contribution in [2.45, 2.75) is 19.3 Å². The van der Waals surface area contributed by atoms with Gasteiger partial charge in [-0.05, 0) is 29.7 Å². The fourth-order valence-electron chi connectivity index (χ4n) is 3.29. The molecule has 0 bridgehead atoms. The van der Waals surface area contributed by atoms with Gasteiger partial charge in [-0.1, -0.05) is 36.4 Å². The van der Waals surface area contributed by atoms with Crippen molar-refractivity contribution in [1.82, 2.24) is 4.98 Å². The normalized spacial score (nSPS) is 17.6. The number of hydrogen-bond acceptors (Lipinski definition) is 1. The fourth-order valence-corrected chi connectivity index (χ4v) is 3.29. The van der Waals surface area contributed by atoms with E-state index in [1.807, 2.05) is 18.2 Å². The Morgan fingerprint density at radius 1 is 1.10 bits per heavy atom. The van der Waals surface area contributed by atoms with Crippen LogP contribution in [0, 0.1) is 6.92 Å². The summed E-state index contributed by atoms with van der Waals surface area (Å²) in [6.45, 7) is 2.09. The number of rotatable bonds is 1. The van der Waals surface area contributed by atoms with E-state index >= 15 is 0 Å². The summed E-state index contributed by atoms with van der Waals surface area (Å²) in [5.41, 5.74) is 5.68. The average Bonchev–Trinajstić information content (AvgIpc) is 3.00. The van der Waals surface area contributed by atoms with Gasteiger partial charge in [-0.3, -0.25) is 4.79 Å². The average molecular weight is 261 g/mol. The summed E-state index contributed by atoms with van der Waals surface area (Å²) in [5, 5.41) is 1.23. The van der Waals surface area contributed by atoms with Gasteiger partial charge >= 0.3 is 0 Å². The number of aromatic nitrogens is 1. The van der Waals surface area contributed by atoms with E-state index in [-0.39, 0.29) is 11.7 Å². The minimum Gasteiger partial charge on any atom is -0.361 e. The molecule has 0 radical (unpaired) electrons. The Kier molecular flexibility index (Phi) is 2.34. The Morgan fingerprint density at radius 2 is 1.95 bits per heavy atom. The van der Waals surface area contributed by atoms with Crippen LogP contribution in [0.15, 0.2) is 48.7 Å². The standard InChI is InChI=1S/C18H15NO/c1-11-6-7-13-16(10-19-17(13)8-11)15-9-18(20)14-5-3-2-4-12(14)15/h2-8,10,15,19H,9H2,1H3. The highest BCUT2D eigenvalue weighted by molar-refractivity contribution is 6.02. The lowest BCUT2D eigenvalue weighted by Gasteiger charge is -2.09. The predicted octanol–water partition coefficient (Wildman–Crippen LogP) is 4.19. The Bertz CT molecular complexity index is 828. The first kappa shape index (κ1) is 11.5. The molecule has 98 valence electrons. The summed E-state index contributed by atoms with van der Waals surface area (Å²) in [6.07, 6.45) is 2.64. The molecule has 4 rings (SSSR count). The summed E-state index contributed by atoms with van der Waals surface area (Å²) in [7, 11) is 0. The first-order chi connectivity index (χ1) is 9.74. The van der Waals surface area contributed by atoms with Crippen molar-refractivity contribution in [3.05, 3.63) is 70.9 Å². The number of benzene rings is 2. The quantitative estimate of drug-likeness (QED) is 0.699. The van der Waals surface area contributed by atoms with Gasteiger partial charge in [0.05, 0.1) is 0 Å². The van der Waals surface area contributed by atoms with Gasteiger partial charge in [0, 0.05) is 35.0 Å². The zero-order chi connectivity index (χ0) is 13.7. The Balaban J connectivity index is 1.91. The fraction of sp³-hybridized carbons (Fsp3) is 0.167. The third-order valence-electron chi connectivity index (χ3n) is 4.27. The van der Waals surface area contributed by atoms with Gasteiger partial charge in [0.2, 0.25) is 0 Å². The molecule has 1 N–H and O–H groups in total. The lowest BCUT2D eigenvalue weighted by molar-refractivity contribution is 0.0991. The number of nitrogens with one attached hydrogen (secondary N) is 1. The van der Waals surface area contributed by atoms with Gasteiger partial charge in [0.1, 0.15) is 0 Å². The highest BCUT2D eigenvalue weighted by Crippen LogP contribution is 2.40. The van der Waals surface area contributed by atoms with E-state index in [0.717, 1.165) is 11.1 Å². The largest absolute Gasteiger partial charge is 0.361 e. The van der Waals surface area contributed by atoms with Crippen molar-refractivity contribution < 1.29 is 4.79 Å². The van der Waals surface area contributed by atoms with Crippen molar-refractivity contribution in [2.75, 3.05) is 0 Å². The molecule has 2 heteroatoms. The number of Topliss-reactive ketones (excluding diaryl/α,β-unsaturated/α-hetero) is 1. The second kappa shape index (κ2) is 4.07. The first-order valence-corrected chi connectivity index (χ1v) is 6.94. The summed E-state index contributed by atoms with van der Waals surface area (Å²) >= 11 is 0. The molecule has 0 fully saturated rings. The van der Waals surface area contributed by atoms with Crippen LogP contribution in [0.4, 0.5) is 0 Å². The number of hydrogen-bond donors (Lipinski definition) is 1. The van der Waals surface area contributed by atoms with Crippen LogP contribution in [-0.2, 0) is 0 Å². The number of carbonyl (C=O) groups excluding carboxylic acids is 1. The molecule has 0 spiro atoms. The van der Waals surface area contributed by atoms with Crippen LogP contribution >= 0.6 is 0 Å². The van der Waals surface area contributed by atoms with E-state index in [1.165, 1.54) is 22.1 Å². The van der Waals surface area contributed by atoms with E-state index in [1.54, 1.807) is 0 Å². The van der Waals surface area contributed by atoms with E-state index < -0.39 is 0 Å². The molecule has 1 aliphatic rings. The highest BCUT2D eigenvalue weighted by Gasteiger charge is 2.31. The predicted molar refractivity (Wildman–Crippen MR) is 80.3 cm³/mol.